The molecule has 0 bridgehead atoms. The van der Waals surface area contributed by atoms with E-state index in [1.807, 2.05) is 25.7 Å². The highest BCUT2D eigenvalue weighted by Gasteiger charge is 2.54. The quantitative estimate of drug-likeness (QED) is 0.0697. The fourth-order valence-electron chi connectivity index (χ4n) is 9.64. The van der Waals surface area contributed by atoms with E-state index < -0.39 is 52.1 Å². The fraction of sp³-hybridized carbons (Fsp3) is 0.540. The van der Waals surface area contributed by atoms with Crippen molar-refractivity contribution in [2.45, 2.75) is 101 Å². The number of alkyl halides is 1. The van der Waals surface area contributed by atoms with Crippen LogP contribution in [0.5, 0.6) is 5.75 Å². The Morgan fingerprint density at radius 1 is 1.04 bits per heavy atom. The maximum atomic E-state index is 15.2. The highest BCUT2D eigenvalue weighted by Crippen LogP contribution is 2.42. The van der Waals surface area contributed by atoms with E-state index in [1.54, 1.807) is 61.8 Å². The SMILES string of the molecule is CNc1nc(Nc2ccc(C(=O)N3CCN(CC4CCC(CSC(C)(C)[C@H](NC(=O)C5(F)CC5)C(=O)N5C[C@H](O)C[C@@H]5C(=O)NCc5ccc(-c6scnc6C)cc5F)CC4)CC3)cc2OC)ncc1Cl. The number of ether oxygens (including phenoxy) is 1. The van der Waals surface area contributed by atoms with Crippen molar-refractivity contribution in [3.8, 4) is 16.2 Å². The number of β-amino-alcohol motifs (C(OH)–C–C–N with tert-alkyl or cyclic N) is 1. The molecule has 2 aliphatic carbocycles. The molecule has 4 aromatic rings. The average molecular weight is 1040 g/mol. The third kappa shape index (κ3) is 12.4. The molecule has 2 aromatic heterocycles. The molecule has 3 atom stereocenters. The minimum Gasteiger partial charge on any atom is -0.495 e. The Morgan fingerprint density at radius 3 is 2.44 bits per heavy atom. The van der Waals surface area contributed by atoms with Gasteiger partial charge in [-0.25, -0.2) is 18.7 Å². The Kier molecular flexibility index (Phi) is 16.4. The number of nitrogens with zero attached hydrogens (tertiary/aromatic N) is 6. The van der Waals surface area contributed by atoms with Gasteiger partial charge < -0.3 is 40.9 Å². The van der Waals surface area contributed by atoms with Crippen molar-refractivity contribution in [3.05, 3.63) is 75.8 Å². The number of benzene rings is 2. The van der Waals surface area contributed by atoms with Crippen molar-refractivity contribution in [1.29, 1.82) is 0 Å². The first-order valence-corrected chi connectivity index (χ1v) is 26.5. The van der Waals surface area contributed by atoms with Crippen molar-refractivity contribution in [3.63, 3.8) is 0 Å². The molecule has 71 heavy (non-hydrogen) atoms. The molecule has 8 rings (SSSR count). The third-order valence-corrected chi connectivity index (χ3v) is 17.1. The average Bonchev–Trinajstić information content (AvgIpc) is 3.77. The molecule has 2 saturated heterocycles. The summed E-state index contributed by atoms with van der Waals surface area (Å²) in [6.45, 7) is 9.00. The summed E-state index contributed by atoms with van der Waals surface area (Å²) >= 11 is 9.10. The predicted molar refractivity (Wildman–Crippen MR) is 272 cm³/mol. The van der Waals surface area contributed by atoms with Crippen molar-refractivity contribution in [2.24, 2.45) is 11.8 Å². The maximum absolute atomic E-state index is 15.2. The smallest absolute Gasteiger partial charge is 0.258 e. The predicted octanol–water partition coefficient (Wildman–Crippen LogP) is 6.84. The van der Waals surface area contributed by atoms with Gasteiger partial charge in [-0.2, -0.15) is 16.7 Å². The highest BCUT2D eigenvalue weighted by atomic mass is 35.5. The number of aliphatic hydroxyl groups excluding tert-OH is 1. The van der Waals surface area contributed by atoms with Crippen LogP contribution in [0.1, 0.15) is 80.4 Å². The van der Waals surface area contributed by atoms with E-state index in [9.17, 15) is 24.3 Å². The number of carbonyl (C=O) groups excluding carboxylic acids is 4. The van der Waals surface area contributed by atoms with Crippen LogP contribution in [0, 0.1) is 24.6 Å². The largest absolute Gasteiger partial charge is 0.495 e. The lowest BCUT2D eigenvalue weighted by molar-refractivity contribution is -0.143. The van der Waals surface area contributed by atoms with Crippen molar-refractivity contribution in [1.82, 2.24) is 40.3 Å². The molecule has 0 radical (unpaired) electrons. The molecule has 2 aromatic carbocycles. The number of hydrogen-bond acceptors (Lipinski definition) is 14. The van der Waals surface area contributed by atoms with Crippen molar-refractivity contribution < 1.29 is 37.8 Å². The van der Waals surface area contributed by atoms with Crippen molar-refractivity contribution in [2.75, 3.05) is 69.8 Å². The third-order valence-electron chi connectivity index (χ3n) is 14.2. The lowest BCUT2D eigenvalue weighted by Crippen LogP contribution is -2.61. The number of halogens is 3. The van der Waals surface area contributed by atoms with Gasteiger partial charge in [0.1, 0.15) is 34.5 Å². The van der Waals surface area contributed by atoms with Gasteiger partial charge >= 0.3 is 0 Å². The van der Waals surface area contributed by atoms with Gasteiger partial charge in [0, 0.05) is 75.2 Å². The molecular formula is C50H63ClF2N10O6S2. The molecule has 21 heteroatoms. The molecule has 4 amide bonds. The number of methoxy groups -OCH3 is 1. The van der Waals surface area contributed by atoms with Gasteiger partial charge in [-0.15, -0.1) is 11.3 Å². The number of amides is 4. The van der Waals surface area contributed by atoms with E-state index in [2.05, 4.69) is 41.1 Å². The van der Waals surface area contributed by atoms with Crippen molar-refractivity contribution >= 4 is 75.8 Å². The van der Waals surface area contributed by atoms with Crippen LogP contribution in [0.15, 0.2) is 48.1 Å². The summed E-state index contributed by atoms with van der Waals surface area (Å²) in [5, 5.41) is 22.7. The molecule has 2 saturated carbocycles. The Balaban J connectivity index is 0.814. The first-order valence-electron chi connectivity index (χ1n) is 24.2. The molecule has 4 aliphatic rings. The first-order chi connectivity index (χ1) is 33.9. The van der Waals surface area contributed by atoms with E-state index in [0.717, 1.165) is 55.9 Å². The second kappa shape index (κ2) is 22.3. The number of hydrogen-bond donors (Lipinski definition) is 5. The van der Waals surface area contributed by atoms with Gasteiger partial charge in [-0.05, 0) is 107 Å². The number of aliphatic hydroxyl groups is 1. The number of rotatable bonds is 18. The Morgan fingerprint density at radius 2 is 1.77 bits per heavy atom. The van der Waals surface area contributed by atoms with Gasteiger partial charge in [0.05, 0.1) is 41.2 Å². The molecule has 2 aliphatic heterocycles. The number of aromatic nitrogens is 3. The number of likely N-dealkylation sites (tertiary alicyclic amines) is 1. The first kappa shape index (κ1) is 52.2. The number of thioether (sulfide) groups is 1. The van der Waals surface area contributed by atoms with E-state index in [4.69, 9.17) is 16.3 Å². The normalized spacial score (nSPS) is 21.6. The van der Waals surface area contributed by atoms with Gasteiger partial charge in [-0.1, -0.05) is 23.7 Å². The fourth-order valence-corrected chi connectivity index (χ4v) is 12.0. The van der Waals surface area contributed by atoms with Crippen LogP contribution in [0.2, 0.25) is 5.02 Å². The molecule has 16 nitrogen and oxygen atoms in total. The van der Waals surface area contributed by atoms with Crippen LogP contribution in [0.25, 0.3) is 10.4 Å². The lowest BCUT2D eigenvalue weighted by atomic mass is 9.82. The highest BCUT2D eigenvalue weighted by molar-refractivity contribution is 8.00. The van der Waals surface area contributed by atoms with Gasteiger partial charge in [0.25, 0.3) is 11.8 Å². The van der Waals surface area contributed by atoms with E-state index in [-0.39, 0.29) is 43.8 Å². The number of carbonyl (C=O) groups is 4. The standard InChI is InChI=1S/C50H63ClF2N10O6S2/c1-29-41(70-28-57-29)32-10-11-34(37(52)20-32)23-55-44(65)39-22-35(64)26-63(39)46(67)42(59-47(68)50(53)14-15-50)49(2,3)71-27-31-8-6-30(7-9-31)25-61-16-18-62(19-17-61)45(66)33-12-13-38(40(21-33)69-5)58-48-56-24-36(51)43(54-4)60-48/h10-13,20-21,24,28,30-31,35,39,42,64H,6-9,14-19,22-23,25-27H2,1-5H3,(H,55,65)(H,59,68)(H2,54,56,58,60)/t30?,31?,35-,39-,42-/m1/s1. The lowest BCUT2D eigenvalue weighted by Gasteiger charge is -2.40. The Bertz CT molecular complexity index is 2590. The second-order valence-electron chi connectivity index (χ2n) is 19.6. The number of nitrogens with one attached hydrogen (secondary N) is 4. The summed E-state index contributed by atoms with van der Waals surface area (Å²) in [6.07, 6.45) is 4.67. The van der Waals surface area contributed by atoms with Crippen LogP contribution in [0.3, 0.4) is 0 Å². The second-order valence-corrected chi connectivity index (χ2v) is 22.6. The summed E-state index contributed by atoms with van der Waals surface area (Å²) in [4.78, 5) is 74.4. The topological polar surface area (TPSA) is 194 Å². The number of anilines is 3. The maximum Gasteiger partial charge on any atom is 0.258 e. The van der Waals surface area contributed by atoms with E-state index in [0.29, 0.717) is 70.0 Å². The number of aryl methyl sites for hydroxylation is 1. The zero-order valence-corrected chi connectivity index (χ0v) is 43.1. The van der Waals surface area contributed by atoms with Crippen LogP contribution in [-0.4, -0.2) is 146 Å². The summed E-state index contributed by atoms with van der Waals surface area (Å²) in [5.41, 5.74) is 2.53. The molecule has 0 spiro atoms. The summed E-state index contributed by atoms with van der Waals surface area (Å²) in [7, 11) is 3.26. The molecule has 382 valence electrons. The minimum atomic E-state index is -2.04. The van der Waals surface area contributed by atoms with Gasteiger partial charge in [0.15, 0.2) is 5.67 Å². The molecule has 4 fully saturated rings. The van der Waals surface area contributed by atoms with Crippen LogP contribution in [0.4, 0.5) is 26.2 Å². The summed E-state index contributed by atoms with van der Waals surface area (Å²) in [5.74, 6) is 0.336. The summed E-state index contributed by atoms with van der Waals surface area (Å²) in [6, 6.07) is 7.78. The molecule has 4 heterocycles. The minimum absolute atomic E-state index is 0.0354. The Hall–Kier alpha value is -5.15. The molecule has 0 unspecified atom stereocenters. The molecular weight excluding hydrogens is 974 g/mol. The zero-order chi connectivity index (χ0) is 50.6. The van der Waals surface area contributed by atoms with Crippen LogP contribution >= 0.6 is 34.7 Å². The van der Waals surface area contributed by atoms with E-state index >= 15 is 8.78 Å². The van der Waals surface area contributed by atoms with Crippen LogP contribution in [-0.2, 0) is 20.9 Å². The monoisotopic (exact) mass is 1040 g/mol. The number of piperazine rings is 1. The molecule has 5 N–H and O–H groups in total. The van der Waals surface area contributed by atoms with Crippen LogP contribution < -0.4 is 26.0 Å². The Labute approximate surface area is 426 Å². The van der Waals surface area contributed by atoms with Gasteiger partial charge in [-0.3, -0.25) is 24.1 Å². The summed E-state index contributed by atoms with van der Waals surface area (Å²) < 4.78 is 35.1. The zero-order valence-electron chi connectivity index (χ0n) is 40.7. The van der Waals surface area contributed by atoms with Gasteiger partial charge in [0.2, 0.25) is 17.8 Å². The van der Waals surface area contributed by atoms with E-state index in [1.165, 1.54) is 28.5 Å². The number of thiazole rings is 1.